The Hall–Kier alpha value is -3.40. The zero-order valence-electron chi connectivity index (χ0n) is 14.1. The highest BCUT2D eigenvalue weighted by Crippen LogP contribution is 2.16. The monoisotopic (exact) mass is 345 g/mol. The number of aromatic hydroxyl groups is 1. The quantitative estimate of drug-likeness (QED) is 0.665. The zero-order valence-corrected chi connectivity index (χ0v) is 14.1. The number of hydrogen-bond donors (Lipinski definition) is 2. The third-order valence-corrected chi connectivity index (χ3v) is 4.03. The molecular weight excluding hydrogens is 326 g/mol. The number of carbonyl (C=O) groups is 1. The van der Waals surface area contributed by atoms with Gasteiger partial charge in [0.05, 0.1) is 5.71 Å². The van der Waals surface area contributed by atoms with E-state index in [0.29, 0.717) is 5.71 Å². The SMILES string of the molecule is O=C(O)C(Cc1ccc(O)cc1)N=C(c1ccccc1)c1ccccc1. The molecule has 0 saturated carbocycles. The molecule has 3 rings (SSSR count). The van der Waals surface area contributed by atoms with Crippen molar-refractivity contribution in [3.05, 3.63) is 102 Å². The second-order valence-electron chi connectivity index (χ2n) is 5.93. The highest BCUT2D eigenvalue weighted by Gasteiger charge is 2.19. The predicted molar refractivity (Wildman–Crippen MR) is 102 cm³/mol. The average Bonchev–Trinajstić information content (AvgIpc) is 2.68. The molecule has 0 amide bonds. The molecule has 3 aromatic carbocycles. The van der Waals surface area contributed by atoms with E-state index in [0.717, 1.165) is 16.7 Å². The van der Waals surface area contributed by atoms with Crippen LogP contribution in [-0.2, 0) is 11.2 Å². The lowest BCUT2D eigenvalue weighted by atomic mass is 10.0. The number of hydrogen-bond acceptors (Lipinski definition) is 3. The van der Waals surface area contributed by atoms with Crippen LogP contribution in [0.4, 0.5) is 0 Å². The van der Waals surface area contributed by atoms with Crippen molar-refractivity contribution in [2.24, 2.45) is 4.99 Å². The van der Waals surface area contributed by atoms with Crippen molar-refractivity contribution in [1.82, 2.24) is 0 Å². The number of carboxylic acid groups (broad SMARTS) is 1. The summed E-state index contributed by atoms with van der Waals surface area (Å²) in [5, 5.41) is 19.1. The standard InChI is InChI=1S/C22H19NO3/c24-19-13-11-16(12-14-19)15-20(22(25)26)23-21(17-7-3-1-4-8-17)18-9-5-2-6-10-18/h1-14,20,24H,15H2,(H,25,26). The minimum absolute atomic E-state index is 0.151. The molecule has 0 aliphatic rings. The van der Waals surface area contributed by atoms with Gasteiger partial charge in [-0.25, -0.2) is 4.79 Å². The van der Waals surface area contributed by atoms with Crippen molar-refractivity contribution < 1.29 is 15.0 Å². The molecule has 2 N–H and O–H groups in total. The second kappa shape index (κ2) is 8.12. The number of aliphatic carboxylic acids is 1. The normalized spacial score (nSPS) is 11.5. The first-order valence-corrected chi connectivity index (χ1v) is 8.33. The number of carboxylic acids is 1. The minimum Gasteiger partial charge on any atom is -0.508 e. The van der Waals surface area contributed by atoms with Gasteiger partial charge in [-0.1, -0.05) is 72.8 Å². The van der Waals surface area contributed by atoms with Gasteiger partial charge >= 0.3 is 5.97 Å². The number of phenolic OH excluding ortho intramolecular Hbond substituents is 1. The van der Waals surface area contributed by atoms with Gasteiger partial charge in [-0.05, 0) is 17.7 Å². The van der Waals surface area contributed by atoms with E-state index < -0.39 is 12.0 Å². The van der Waals surface area contributed by atoms with E-state index >= 15 is 0 Å². The van der Waals surface area contributed by atoms with Gasteiger partial charge in [0, 0.05) is 17.5 Å². The zero-order chi connectivity index (χ0) is 18.4. The number of phenols is 1. The van der Waals surface area contributed by atoms with E-state index in [-0.39, 0.29) is 12.2 Å². The molecule has 0 fully saturated rings. The van der Waals surface area contributed by atoms with Crippen LogP contribution >= 0.6 is 0 Å². The third kappa shape index (κ3) is 4.36. The van der Waals surface area contributed by atoms with E-state index in [1.165, 1.54) is 0 Å². The lowest BCUT2D eigenvalue weighted by molar-refractivity contribution is -0.138. The maximum absolute atomic E-state index is 11.8. The molecule has 0 radical (unpaired) electrons. The Labute approximate surface area is 152 Å². The van der Waals surface area contributed by atoms with E-state index in [9.17, 15) is 15.0 Å². The van der Waals surface area contributed by atoms with E-state index in [1.54, 1.807) is 24.3 Å². The molecule has 0 aliphatic heterocycles. The minimum atomic E-state index is -0.984. The van der Waals surface area contributed by atoms with Gasteiger partial charge in [0.1, 0.15) is 5.75 Å². The lowest BCUT2D eigenvalue weighted by Gasteiger charge is -2.13. The fraction of sp³-hybridized carbons (Fsp3) is 0.0909. The van der Waals surface area contributed by atoms with Crippen molar-refractivity contribution >= 4 is 11.7 Å². The molecule has 1 atom stereocenters. The van der Waals surface area contributed by atoms with Crippen molar-refractivity contribution in [3.63, 3.8) is 0 Å². The van der Waals surface area contributed by atoms with Crippen molar-refractivity contribution in [2.45, 2.75) is 12.5 Å². The molecule has 0 spiro atoms. The summed E-state index contributed by atoms with van der Waals surface area (Å²) in [7, 11) is 0. The fourth-order valence-corrected chi connectivity index (χ4v) is 2.71. The van der Waals surface area contributed by atoms with Gasteiger partial charge in [-0.2, -0.15) is 0 Å². The summed E-state index contributed by atoms with van der Waals surface area (Å²) in [5.74, 6) is -0.833. The van der Waals surface area contributed by atoms with Crippen LogP contribution < -0.4 is 0 Å². The molecule has 0 bridgehead atoms. The Kier molecular flexibility index (Phi) is 5.44. The Balaban J connectivity index is 2.00. The third-order valence-electron chi connectivity index (χ3n) is 4.03. The Morgan fingerprint density at radius 1 is 0.808 bits per heavy atom. The second-order valence-corrected chi connectivity index (χ2v) is 5.93. The van der Waals surface area contributed by atoms with Crippen LogP contribution in [0, 0.1) is 0 Å². The van der Waals surface area contributed by atoms with Crippen LogP contribution in [0.3, 0.4) is 0 Å². The van der Waals surface area contributed by atoms with Gasteiger partial charge in [0.15, 0.2) is 6.04 Å². The predicted octanol–water partition coefficient (Wildman–Crippen LogP) is 3.93. The van der Waals surface area contributed by atoms with Crippen LogP contribution in [0.1, 0.15) is 16.7 Å². The number of rotatable bonds is 6. The molecule has 0 heterocycles. The first-order valence-electron chi connectivity index (χ1n) is 8.33. The first-order chi connectivity index (χ1) is 12.6. The average molecular weight is 345 g/mol. The molecule has 4 nitrogen and oxygen atoms in total. The maximum atomic E-state index is 11.8. The lowest BCUT2D eigenvalue weighted by Crippen LogP contribution is -2.23. The van der Waals surface area contributed by atoms with Gasteiger partial charge < -0.3 is 10.2 Å². The van der Waals surface area contributed by atoms with E-state index in [2.05, 4.69) is 4.99 Å². The van der Waals surface area contributed by atoms with Crippen molar-refractivity contribution in [1.29, 1.82) is 0 Å². The van der Waals surface area contributed by atoms with Crippen molar-refractivity contribution in [2.75, 3.05) is 0 Å². The Morgan fingerprint density at radius 2 is 1.31 bits per heavy atom. The van der Waals surface area contributed by atoms with Crippen LogP contribution in [0.15, 0.2) is 89.9 Å². The highest BCUT2D eigenvalue weighted by molar-refractivity contribution is 6.13. The summed E-state index contributed by atoms with van der Waals surface area (Å²) in [5.41, 5.74) is 3.20. The van der Waals surface area contributed by atoms with Crippen LogP contribution in [0.5, 0.6) is 5.75 Å². The first kappa shape index (κ1) is 17.4. The molecule has 26 heavy (non-hydrogen) atoms. The number of benzene rings is 3. The summed E-state index contributed by atoms with van der Waals surface area (Å²) in [4.78, 5) is 16.4. The summed E-state index contributed by atoms with van der Waals surface area (Å²) in [6.45, 7) is 0. The van der Waals surface area contributed by atoms with Crippen LogP contribution in [0.2, 0.25) is 0 Å². The summed E-state index contributed by atoms with van der Waals surface area (Å²) in [6.07, 6.45) is 0.249. The summed E-state index contributed by atoms with van der Waals surface area (Å²) >= 11 is 0. The Bertz CT molecular complexity index is 846. The molecule has 0 aromatic heterocycles. The number of aliphatic imine (C=N–C) groups is 1. The molecule has 1 unspecified atom stereocenters. The van der Waals surface area contributed by atoms with Gasteiger partial charge in [-0.3, -0.25) is 4.99 Å². The topological polar surface area (TPSA) is 69.9 Å². The van der Waals surface area contributed by atoms with E-state index in [1.807, 2.05) is 60.7 Å². The smallest absolute Gasteiger partial charge is 0.328 e. The van der Waals surface area contributed by atoms with Gasteiger partial charge in [-0.15, -0.1) is 0 Å². The molecular formula is C22H19NO3. The maximum Gasteiger partial charge on any atom is 0.328 e. The fourth-order valence-electron chi connectivity index (χ4n) is 2.71. The van der Waals surface area contributed by atoms with Gasteiger partial charge in [0.25, 0.3) is 0 Å². The molecule has 3 aromatic rings. The van der Waals surface area contributed by atoms with Gasteiger partial charge in [0.2, 0.25) is 0 Å². The number of nitrogens with zero attached hydrogens (tertiary/aromatic N) is 1. The molecule has 0 aliphatic carbocycles. The van der Waals surface area contributed by atoms with E-state index in [4.69, 9.17) is 0 Å². The molecule has 130 valence electrons. The largest absolute Gasteiger partial charge is 0.508 e. The Morgan fingerprint density at radius 3 is 1.77 bits per heavy atom. The summed E-state index contributed by atoms with van der Waals surface area (Å²) in [6, 6.07) is 24.7. The molecule has 4 heteroatoms. The highest BCUT2D eigenvalue weighted by atomic mass is 16.4. The van der Waals surface area contributed by atoms with Crippen LogP contribution in [-0.4, -0.2) is 27.9 Å². The van der Waals surface area contributed by atoms with Crippen LogP contribution in [0.25, 0.3) is 0 Å². The van der Waals surface area contributed by atoms with Crippen molar-refractivity contribution in [3.8, 4) is 5.75 Å². The summed E-state index contributed by atoms with van der Waals surface area (Å²) < 4.78 is 0. The molecule has 0 saturated heterocycles.